The number of hydrogen-bond acceptors (Lipinski definition) is 7. The average Bonchev–Trinajstić information content (AvgIpc) is 2.28. The number of nitrogens with zero attached hydrogens (tertiary/aromatic N) is 1. The highest BCUT2D eigenvalue weighted by Crippen LogP contribution is 1.81. The maximum absolute atomic E-state index is 9.04. The van der Waals surface area contributed by atoms with Gasteiger partial charge in [0.2, 0.25) is 0 Å². The second kappa shape index (κ2) is 9.91. The minimum absolute atomic E-state index is 0.252. The molecule has 2 atom stereocenters. The second-order valence-corrected chi connectivity index (χ2v) is 3.75. The molecule has 98 valence electrons. The van der Waals surface area contributed by atoms with Gasteiger partial charge in [-0.15, -0.1) is 0 Å². The first kappa shape index (κ1) is 15.7. The van der Waals surface area contributed by atoms with Crippen molar-refractivity contribution in [1.29, 1.82) is 0 Å². The quantitative estimate of drug-likeness (QED) is 0.221. The zero-order valence-electron chi connectivity index (χ0n) is 9.63. The Labute approximate surface area is 95.7 Å². The molecule has 0 saturated heterocycles. The Kier molecular flexibility index (Phi) is 9.74. The van der Waals surface area contributed by atoms with E-state index in [9.17, 15) is 0 Å². The molecule has 0 aliphatic rings. The van der Waals surface area contributed by atoms with E-state index in [4.69, 9.17) is 20.4 Å². The molecule has 0 heterocycles. The van der Waals surface area contributed by atoms with Gasteiger partial charge < -0.3 is 31.1 Å². The van der Waals surface area contributed by atoms with Crippen molar-refractivity contribution in [3.63, 3.8) is 0 Å². The molecule has 0 bridgehead atoms. The average molecular weight is 237 g/mol. The molecule has 0 spiro atoms. The molecule has 0 saturated carbocycles. The Morgan fingerprint density at radius 2 is 1.31 bits per heavy atom. The van der Waals surface area contributed by atoms with E-state index in [1.54, 1.807) is 0 Å². The standard InChI is InChI=1S/C9H23N3O4/c1-12(6-10-2-8(15)4-13)7-11-3-9(16)5-14/h8-11,13-16H,2-7H2,1H3. The summed E-state index contributed by atoms with van der Waals surface area (Å²) in [6, 6.07) is 0. The van der Waals surface area contributed by atoms with E-state index in [1.165, 1.54) is 0 Å². The van der Waals surface area contributed by atoms with Crippen LogP contribution in [0.3, 0.4) is 0 Å². The number of rotatable bonds is 10. The number of aliphatic hydroxyl groups is 4. The van der Waals surface area contributed by atoms with E-state index in [0.717, 1.165) is 0 Å². The lowest BCUT2D eigenvalue weighted by atomic mass is 10.4. The summed E-state index contributed by atoms with van der Waals surface area (Å²) in [6.45, 7) is 1.27. The van der Waals surface area contributed by atoms with Crippen LogP contribution in [0.1, 0.15) is 0 Å². The summed E-state index contributed by atoms with van der Waals surface area (Å²) in [5.74, 6) is 0. The second-order valence-electron chi connectivity index (χ2n) is 3.75. The van der Waals surface area contributed by atoms with E-state index < -0.39 is 12.2 Å². The van der Waals surface area contributed by atoms with Crippen molar-refractivity contribution in [2.24, 2.45) is 0 Å². The lowest BCUT2D eigenvalue weighted by molar-refractivity contribution is 0.0855. The monoisotopic (exact) mass is 237 g/mol. The molecule has 0 rings (SSSR count). The van der Waals surface area contributed by atoms with Crippen LogP contribution in [0.25, 0.3) is 0 Å². The van der Waals surface area contributed by atoms with Gasteiger partial charge in [-0.2, -0.15) is 0 Å². The maximum atomic E-state index is 9.04. The molecule has 7 heteroatoms. The molecule has 0 aliphatic carbocycles. The van der Waals surface area contributed by atoms with Crippen molar-refractivity contribution in [3.8, 4) is 0 Å². The minimum Gasteiger partial charge on any atom is -0.394 e. The summed E-state index contributed by atoms with van der Waals surface area (Å²) < 4.78 is 0. The maximum Gasteiger partial charge on any atom is 0.0895 e. The van der Waals surface area contributed by atoms with Crippen molar-refractivity contribution in [3.05, 3.63) is 0 Å². The first-order valence-electron chi connectivity index (χ1n) is 5.28. The summed E-state index contributed by atoms with van der Waals surface area (Å²) in [5.41, 5.74) is 0. The van der Waals surface area contributed by atoms with Crippen LogP contribution in [0.4, 0.5) is 0 Å². The molecule has 0 aliphatic heterocycles. The SMILES string of the molecule is CN(CNCC(O)CO)CNCC(O)CO. The van der Waals surface area contributed by atoms with Gasteiger partial charge in [0.1, 0.15) is 0 Å². The fourth-order valence-corrected chi connectivity index (χ4v) is 1.03. The van der Waals surface area contributed by atoms with Gasteiger partial charge in [-0.05, 0) is 7.05 Å². The highest BCUT2D eigenvalue weighted by atomic mass is 16.3. The third-order valence-corrected chi connectivity index (χ3v) is 1.94. The molecule has 2 unspecified atom stereocenters. The Hall–Kier alpha value is -0.280. The van der Waals surface area contributed by atoms with E-state index in [2.05, 4.69) is 10.6 Å². The van der Waals surface area contributed by atoms with Crippen LogP contribution in [0, 0.1) is 0 Å². The molecular weight excluding hydrogens is 214 g/mol. The van der Waals surface area contributed by atoms with Crippen molar-refractivity contribution >= 4 is 0 Å². The number of nitrogens with one attached hydrogen (secondary N) is 2. The van der Waals surface area contributed by atoms with Crippen LogP contribution in [-0.2, 0) is 0 Å². The zero-order chi connectivity index (χ0) is 12.4. The van der Waals surface area contributed by atoms with Crippen LogP contribution in [0.5, 0.6) is 0 Å². The predicted molar refractivity (Wildman–Crippen MR) is 59.7 cm³/mol. The van der Waals surface area contributed by atoms with Crippen LogP contribution in [0.15, 0.2) is 0 Å². The van der Waals surface area contributed by atoms with Gasteiger partial charge in [-0.25, -0.2) is 0 Å². The fraction of sp³-hybridized carbons (Fsp3) is 1.00. The lowest BCUT2D eigenvalue weighted by Gasteiger charge is -2.19. The predicted octanol–water partition coefficient (Wildman–Crippen LogP) is -3.28. The van der Waals surface area contributed by atoms with Crippen molar-refractivity contribution < 1.29 is 20.4 Å². The summed E-state index contributed by atoms with van der Waals surface area (Å²) in [5, 5.41) is 41.1. The van der Waals surface area contributed by atoms with Gasteiger partial charge in [0.05, 0.1) is 25.4 Å². The smallest absolute Gasteiger partial charge is 0.0895 e. The van der Waals surface area contributed by atoms with Gasteiger partial charge in [0.25, 0.3) is 0 Å². The molecule has 0 radical (unpaired) electrons. The summed E-state index contributed by atoms with van der Waals surface area (Å²) >= 11 is 0. The fourth-order valence-electron chi connectivity index (χ4n) is 1.03. The summed E-state index contributed by atoms with van der Waals surface area (Å²) in [6.07, 6.45) is -1.48. The van der Waals surface area contributed by atoms with Crippen molar-refractivity contribution in [2.75, 3.05) is 46.7 Å². The molecule has 0 fully saturated rings. The molecule has 0 amide bonds. The van der Waals surface area contributed by atoms with E-state index in [0.29, 0.717) is 26.4 Å². The number of aliphatic hydroxyl groups excluding tert-OH is 4. The largest absolute Gasteiger partial charge is 0.394 e. The van der Waals surface area contributed by atoms with Crippen LogP contribution in [0.2, 0.25) is 0 Å². The molecule has 0 aromatic carbocycles. The highest BCUT2D eigenvalue weighted by molar-refractivity contribution is 4.59. The van der Waals surface area contributed by atoms with E-state index in [1.807, 2.05) is 11.9 Å². The van der Waals surface area contributed by atoms with Gasteiger partial charge in [-0.1, -0.05) is 0 Å². The van der Waals surface area contributed by atoms with Crippen molar-refractivity contribution in [1.82, 2.24) is 15.5 Å². The first-order valence-corrected chi connectivity index (χ1v) is 5.28. The first-order chi connectivity index (χ1) is 7.60. The molecule has 0 aromatic rings. The molecule has 6 N–H and O–H groups in total. The van der Waals surface area contributed by atoms with Gasteiger partial charge in [0, 0.05) is 26.4 Å². The van der Waals surface area contributed by atoms with Gasteiger partial charge >= 0.3 is 0 Å². The molecule has 16 heavy (non-hydrogen) atoms. The minimum atomic E-state index is -0.738. The van der Waals surface area contributed by atoms with Gasteiger partial charge in [-0.3, -0.25) is 4.90 Å². The topological polar surface area (TPSA) is 108 Å². The Morgan fingerprint density at radius 3 is 1.62 bits per heavy atom. The summed E-state index contributed by atoms with van der Waals surface area (Å²) in [4.78, 5) is 1.90. The van der Waals surface area contributed by atoms with Crippen LogP contribution < -0.4 is 10.6 Å². The lowest BCUT2D eigenvalue weighted by Crippen LogP contribution is -2.42. The third kappa shape index (κ3) is 8.98. The normalized spacial score (nSPS) is 15.4. The zero-order valence-corrected chi connectivity index (χ0v) is 9.63. The third-order valence-electron chi connectivity index (χ3n) is 1.94. The Balaban J connectivity index is 3.34. The summed E-state index contributed by atoms with van der Waals surface area (Å²) in [7, 11) is 1.86. The van der Waals surface area contributed by atoms with Crippen LogP contribution in [-0.4, -0.2) is 84.2 Å². The van der Waals surface area contributed by atoms with Gasteiger partial charge in [0.15, 0.2) is 0 Å². The Morgan fingerprint density at radius 1 is 0.938 bits per heavy atom. The number of hydrogen-bond donors (Lipinski definition) is 6. The van der Waals surface area contributed by atoms with Crippen molar-refractivity contribution in [2.45, 2.75) is 12.2 Å². The van der Waals surface area contributed by atoms with E-state index >= 15 is 0 Å². The van der Waals surface area contributed by atoms with E-state index in [-0.39, 0.29) is 13.2 Å². The Bertz CT molecular complexity index is 146. The molecular formula is C9H23N3O4. The molecule has 7 nitrogen and oxygen atoms in total. The van der Waals surface area contributed by atoms with Crippen LogP contribution >= 0.6 is 0 Å². The molecule has 0 aromatic heterocycles. The highest BCUT2D eigenvalue weighted by Gasteiger charge is 2.03.